The van der Waals surface area contributed by atoms with Crippen LogP contribution in [-0.2, 0) is 12.8 Å². The van der Waals surface area contributed by atoms with Crippen LogP contribution >= 0.6 is 11.3 Å². The van der Waals surface area contributed by atoms with Crippen LogP contribution in [0.3, 0.4) is 0 Å². The van der Waals surface area contributed by atoms with Crippen LogP contribution in [-0.4, -0.2) is 16.1 Å². The maximum atomic E-state index is 6.07. The highest BCUT2D eigenvalue weighted by molar-refractivity contribution is 7.12. The van der Waals surface area contributed by atoms with Crippen molar-refractivity contribution in [1.29, 1.82) is 0 Å². The SMILES string of the molecule is Cc1ccc(C(CN)n2c(C)nc3c2CCCC3)s1. The Morgan fingerprint density at radius 2 is 2.11 bits per heavy atom. The zero-order chi connectivity index (χ0) is 13.4. The summed E-state index contributed by atoms with van der Waals surface area (Å²) in [4.78, 5) is 7.47. The minimum Gasteiger partial charge on any atom is -0.328 e. The zero-order valence-corrected chi connectivity index (χ0v) is 12.5. The van der Waals surface area contributed by atoms with Gasteiger partial charge in [0.1, 0.15) is 5.82 Å². The lowest BCUT2D eigenvalue weighted by atomic mass is 10.0. The van der Waals surface area contributed by atoms with Gasteiger partial charge in [-0.1, -0.05) is 0 Å². The largest absolute Gasteiger partial charge is 0.328 e. The fourth-order valence-corrected chi connectivity index (χ4v) is 4.07. The molecule has 2 aromatic heterocycles. The van der Waals surface area contributed by atoms with E-state index in [4.69, 9.17) is 10.7 Å². The Hall–Kier alpha value is -1.13. The number of nitrogens with two attached hydrogens (primary N) is 1. The smallest absolute Gasteiger partial charge is 0.106 e. The lowest BCUT2D eigenvalue weighted by Gasteiger charge is -2.22. The number of hydrogen-bond acceptors (Lipinski definition) is 3. The minimum absolute atomic E-state index is 0.257. The Labute approximate surface area is 118 Å². The topological polar surface area (TPSA) is 43.8 Å². The van der Waals surface area contributed by atoms with E-state index in [1.165, 1.54) is 34.0 Å². The van der Waals surface area contributed by atoms with E-state index >= 15 is 0 Å². The van der Waals surface area contributed by atoms with Crippen LogP contribution in [0, 0.1) is 13.8 Å². The summed E-state index contributed by atoms with van der Waals surface area (Å²) in [7, 11) is 0. The number of hydrogen-bond donors (Lipinski definition) is 1. The molecule has 0 radical (unpaired) electrons. The quantitative estimate of drug-likeness (QED) is 0.936. The highest BCUT2D eigenvalue weighted by Crippen LogP contribution is 2.31. The van der Waals surface area contributed by atoms with Gasteiger partial charge >= 0.3 is 0 Å². The van der Waals surface area contributed by atoms with Crippen molar-refractivity contribution in [3.05, 3.63) is 39.1 Å². The fraction of sp³-hybridized carbons (Fsp3) is 0.533. The van der Waals surface area contributed by atoms with Gasteiger partial charge in [-0.2, -0.15) is 0 Å². The first-order valence-corrected chi connectivity index (χ1v) is 7.85. The summed E-state index contributed by atoms with van der Waals surface area (Å²) in [5.74, 6) is 1.12. The minimum atomic E-state index is 0.257. The summed E-state index contributed by atoms with van der Waals surface area (Å²) >= 11 is 1.85. The van der Waals surface area contributed by atoms with E-state index in [-0.39, 0.29) is 6.04 Å². The van der Waals surface area contributed by atoms with E-state index < -0.39 is 0 Å². The van der Waals surface area contributed by atoms with Crippen LogP contribution in [0.2, 0.25) is 0 Å². The molecule has 2 aromatic rings. The van der Waals surface area contributed by atoms with E-state index in [1.807, 2.05) is 11.3 Å². The third kappa shape index (κ3) is 2.23. The zero-order valence-electron chi connectivity index (χ0n) is 11.6. The van der Waals surface area contributed by atoms with E-state index in [0.29, 0.717) is 6.54 Å². The van der Waals surface area contributed by atoms with Gasteiger partial charge in [0.05, 0.1) is 11.7 Å². The summed E-state index contributed by atoms with van der Waals surface area (Å²) in [6, 6.07) is 4.65. The molecule has 4 heteroatoms. The first kappa shape index (κ1) is 12.9. The van der Waals surface area contributed by atoms with Crippen molar-refractivity contribution in [2.45, 2.75) is 45.6 Å². The second kappa shape index (κ2) is 5.10. The molecule has 0 aromatic carbocycles. The predicted octanol–water partition coefficient (Wildman–Crippen LogP) is 2.99. The van der Waals surface area contributed by atoms with E-state index in [9.17, 15) is 0 Å². The van der Waals surface area contributed by atoms with Gasteiger partial charge in [-0.3, -0.25) is 0 Å². The van der Waals surface area contributed by atoms with E-state index in [0.717, 1.165) is 18.7 Å². The molecule has 19 heavy (non-hydrogen) atoms. The normalized spacial score (nSPS) is 16.4. The molecule has 2 heterocycles. The maximum Gasteiger partial charge on any atom is 0.106 e. The Morgan fingerprint density at radius 1 is 1.32 bits per heavy atom. The molecule has 0 saturated carbocycles. The monoisotopic (exact) mass is 275 g/mol. The van der Waals surface area contributed by atoms with E-state index in [2.05, 4.69) is 30.5 Å². The number of rotatable bonds is 3. The van der Waals surface area contributed by atoms with Crippen LogP contribution in [0.25, 0.3) is 0 Å². The van der Waals surface area contributed by atoms with Gasteiger partial charge in [-0.05, 0) is 51.7 Å². The number of fused-ring (bicyclic) bond motifs is 1. The predicted molar refractivity (Wildman–Crippen MR) is 79.9 cm³/mol. The average molecular weight is 275 g/mol. The number of imidazole rings is 1. The fourth-order valence-electron chi connectivity index (χ4n) is 3.09. The Kier molecular flexibility index (Phi) is 3.46. The van der Waals surface area contributed by atoms with Gasteiger partial charge in [-0.15, -0.1) is 11.3 Å². The summed E-state index contributed by atoms with van der Waals surface area (Å²) in [6.07, 6.45) is 4.83. The number of aryl methyl sites for hydroxylation is 3. The molecule has 0 spiro atoms. The number of aromatic nitrogens is 2. The van der Waals surface area contributed by atoms with Crippen molar-refractivity contribution >= 4 is 11.3 Å². The maximum absolute atomic E-state index is 6.07. The second-order valence-electron chi connectivity index (χ2n) is 5.33. The van der Waals surface area contributed by atoms with Gasteiger partial charge in [0.15, 0.2) is 0 Å². The van der Waals surface area contributed by atoms with Crippen LogP contribution in [0.15, 0.2) is 12.1 Å². The van der Waals surface area contributed by atoms with Gasteiger partial charge < -0.3 is 10.3 Å². The van der Waals surface area contributed by atoms with Gasteiger partial charge in [0.25, 0.3) is 0 Å². The van der Waals surface area contributed by atoms with Crippen molar-refractivity contribution in [3.8, 4) is 0 Å². The molecule has 1 aliphatic rings. The lowest BCUT2D eigenvalue weighted by molar-refractivity contribution is 0.543. The molecule has 2 N–H and O–H groups in total. The molecule has 102 valence electrons. The number of thiophene rings is 1. The molecular weight excluding hydrogens is 254 g/mol. The van der Waals surface area contributed by atoms with Crippen LogP contribution in [0.1, 0.15) is 45.9 Å². The van der Waals surface area contributed by atoms with Gasteiger partial charge in [-0.25, -0.2) is 4.98 Å². The second-order valence-corrected chi connectivity index (χ2v) is 6.65. The Balaban J connectivity index is 2.06. The third-order valence-corrected chi connectivity index (χ3v) is 5.07. The van der Waals surface area contributed by atoms with Crippen LogP contribution in [0.5, 0.6) is 0 Å². The van der Waals surface area contributed by atoms with E-state index in [1.54, 1.807) is 0 Å². The van der Waals surface area contributed by atoms with Crippen molar-refractivity contribution in [3.63, 3.8) is 0 Å². The van der Waals surface area contributed by atoms with Crippen molar-refractivity contribution < 1.29 is 0 Å². The third-order valence-electron chi connectivity index (χ3n) is 3.97. The molecule has 1 unspecified atom stereocenters. The summed E-state index contributed by atoms with van der Waals surface area (Å²) < 4.78 is 2.39. The Bertz CT molecular complexity index is 582. The summed E-state index contributed by atoms with van der Waals surface area (Å²) in [5.41, 5.74) is 8.79. The van der Waals surface area contributed by atoms with Crippen molar-refractivity contribution in [2.24, 2.45) is 5.73 Å². The highest BCUT2D eigenvalue weighted by Gasteiger charge is 2.24. The lowest BCUT2D eigenvalue weighted by Crippen LogP contribution is -2.23. The first-order valence-electron chi connectivity index (χ1n) is 7.03. The molecule has 1 aliphatic carbocycles. The Morgan fingerprint density at radius 3 is 2.79 bits per heavy atom. The molecule has 0 aliphatic heterocycles. The first-order chi connectivity index (χ1) is 9.20. The van der Waals surface area contributed by atoms with Gasteiger partial charge in [0.2, 0.25) is 0 Å². The molecule has 0 fully saturated rings. The summed E-state index contributed by atoms with van der Waals surface area (Å²) in [6.45, 7) is 4.91. The molecule has 0 saturated heterocycles. The number of nitrogens with zero attached hydrogens (tertiary/aromatic N) is 2. The van der Waals surface area contributed by atoms with Crippen LogP contribution < -0.4 is 5.73 Å². The van der Waals surface area contributed by atoms with Gasteiger partial charge in [0, 0.05) is 22.0 Å². The highest BCUT2D eigenvalue weighted by atomic mass is 32.1. The standard InChI is InChI=1S/C15H21N3S/c1-10-7-8-15(19-10)14(9-16)18-11(2)17-12-5-3-4-6-13(12)18/h7-8,14H,3-6,9,16H2,1-2H3. The van der Waals surface area contributed by atoms with Crippen LogP contribution in [0.4, 0.5) is 0 Å². The average Bonchev–Trinajstić information content (AvgIpc) is 2.96. The molecule has 3 nitrogen and oxygen atoms in total. The molecule has 3 rings (SSSR count). The molecule has 0 bridgehead atoms. The van der Waals surface area contributed by atoms with Crippen molar-refractivity contribution in [1.82, 2.24) is 9.55 Å². The summed E-state index contributed by atoms with van der Waals surface area (Å²) in [5, 5.41) is 0. The molecule has 0 amide bonds. The van der Waals surface area contributed by atoms with Crippen molar-refractivity contribution in [2.75, 3.05) is 6.54 Å². The molecule has 1 atom stereocenters. The molecular formula is C15H21N3S.